The van der Waals surface area contributed by atoms with Gasteiger partial charge in [-0.2, -0.15) is 0 Å². The van der Waals surface area contributed by atoms with Gasteiger partial charge in [-0.05, 0) is 41.8 Å². The van der Waals surface area contributed by atoms with Crippen molar-refractivity contribution in [1.82, 2.24) is 4.90 Å². The van der Waals surface area contributed by atoms with E-state index in [4.69, 9.17) is 14.2 Å². The Kier molecular flexibility index (Phi) is 6.52. The zero-order valence-corrected chi connectivity index (χ0v) is 17.2. The molecule has 30 heavy (non-hydrogen) atoms. The van der Waals surface area contributed by atoms with Crippen LogP contribution in [0, 0.1) is 6.92 Å². The largest absolute Gasteiger partial charge is 0.491 e. The number of aliphatic hydroxyl groups is 1. The molecule has 0 radical (unpaired) electrons. The molecule has 5 heteroatoms. The predicted octanol–water partition coefficient (Wildman–Crippen LogP) is 4.17. The SMILES string of the molecule is Cc1ccccc1OC[C@H](O)CN(Cc1ccccc1)Cc1ccc2c(c1)OCO2. The van der Waals surface area contributed by atoms with Crippen LogP contribution < -0.4 is 14.2 Å². The summed E-state index contributed by atoms with van der Waals surface area (Å²) in [4.78, 5) is 2.22. The van der Waals surface area contributed by atoms with Crippen LogP contribution in [0.15, 0.2) is 72.8 Å². The topological polar surface area (TPSA) is 51.2 Å². The lowest BCUT2D eigenvalue weighted by molar-refractivity contribution is 0.0626. The van der Waals surface area contributed by atoms with Crippen LogP contribution in [0.25, 0.3) is 0 Å². The number of benzene rings is 3. The number of para-hydroxylation sites is 1. The van der Waals surface area contributed by atoms with Crippen molar-refractivity contribution in [3.05, 3.63) is 89.5 Å². The van der Waals surface area contributed by atoms with Crippen LogP contribution in [-0.4, -0.2) is 36.1 Å². The minimum atomic E-state index is -0.609. The molecule has 3 aromatic rings. The Morgan fingerprint density at radius 2 is 1.63 bits per heavy atom. The van der Waals surface area contributed by atoms with Crippen LogP contribution in [0.2, 0.25) is 0 Å². The summed E-state index contributed by atoms with van der Waals surface area (Å²) in [6.45, 7) is 4.43. The molecular weight excluding hydrogens is 378 g/mol. The summed E-state index contributed by atoms with van der Waals surface area (Å²) in [5.41, 5.74) is 3.37. The summed E-state index contributed by atoms with van der Waals surface area (Å²) in [6.07, 6.45) is -0.609. The van der Waals surface area contributed by atoms with Gasteiger partial charge in [-0.25, -0.2) is 0 Å². The van der Waals surface area contributed by atoms with E-state index in [2.05, 4.69) is 17.0 Å². The van der Waals surface area contributed by atoms with Gasteiger partial charge in [0, 0.05) is 19.6 Å². The van der Waals surface area contributed by atoms with E-state index in [1.807, 2.05) is 67.6 Å². The highest BCUT2D eigenvalue weighted by Gasteiger charge is 2.17. The molecule has 1 atom stereocenters. The van der Waals surface area contributed by atoms with Gasteiger partial charge in [0.15, 0.2) is 11.5 Å². The molecule has 1 heterocycles. The Labute approximate surface area is 177 Å². The maximum atomic E-state index is 10.7. The highest BCUT2D eigenvalue weighted by molar-refractivity contribution is 5.44. The molecule has 0 saturated heterocycles. The molecule has 0 saturated carbocycles. The zero-order chi connectivity index (χ0) is 20.8. The van der Waals surface area contributed by atoms with Crippen molar-refractivity contribution in [2.45, 2.75) is 26.1 Å². The van der Waals surface area contributed by atoms with E-state index < -0.39 is 6.10 Å². The summed E-state index contributed by atoms with van der Waals surface area (Å²) in [6, 6.07) is 24.1. The van der Waals surface area contributed by atoms with Gasteiger partial charge in [0.25, 0.3) is 0 Å². The first kappa shape index (κ1) is 20.3. The van der Waals surface area contributed by atoms with Gasteiger partial charge in [0.2, 0.25) is 6.79 Å². The molecule has 0 aromatic heterocycles. The first-order valence-corrected chi connectivity index (χ1v) is 10.2. The van der Waals surface area contributed by atoms with Crippen molar-refractivity contribution in [2.24, 2.45) is 0 Å². The summed E-state index contributed by atoms with van der Waals surface area (Å²) in [5, 5.41) is 10.7. The number of ether oxygens (including phenoxy) is 3. The smallest absolute Gasteiger partial charge is 0.231 e. The van der Waals surface area contributed by atoms with Crippen molar-refractivity contribution in [2.75, 3.05) is 19.9 Å². The molecule has 0 aliphatic carbocycles. The normalized spacial score (nSPS) is 13.4. The van der Waals surface area contributed by atoms with E-state index in [1.165, 1.54) is 5.56 Å². The quantitative estimate of drug-likeness (QED) is 0.579. The van der Waals surface area contributed by atoms with Crippen LogP contribution in [0.3, 0.4) is 0 Å². The highest BCUT2D eigenvalue weighted by atomic mass is 16.7. The van der Waals surface area contributed by atoms with Crippen molar-refractivity contribution in [3.63, 3.8) is 0 Å². The fourth-order valence-electron chi connectivity index (χ4n) is 3.58. The van der Waals surface area contributed by atoms with E-state index in [1.54, 1.807) is 0 Å². The number of nitrogens with zero attached hydrogens (tertiary/aromatic N) is 1. The second-order valence-electron chi connectivity index (χ2n) is 7.57. The van der Waals surface area contributed by atoms with Gasteiger partial charge in [0.05, 0.1) is 0 Å². The monoisotopic (exact) mass is 405 g/mol. The molecule has 5 nitrogen and oxygen atoms in total. The number of hydrogen-bond donors (Lipinski definition) is 1. The lowest BCUT2D eigenvalue weighted by atomic mass is 10.1. The van der Waals surface area contributed by atoms with Crippen molar-refractivity contribution >= 4 is 0 Å². The molecular formula is C25H27NO4. The highest BCUT2D eigenvalue weighted by Crippen LogP contribution is 2.33. The number of rotatable bonds is 9. The fourth-order valence-corrected chi connectivity index (χ4v) is 3.58. The molecule has 1 N–H and O–H groups in total. The average Bonchev–Trinajstić information content (AvgIpc) is 3.22. The van der Waals surface area contributed by atoms with Crippen molar-refractivity contribution in [3.8, 4) is 17.2 Å². The molecule has 0 fully saturated rings. The first-order valence-electron chi connectivity index (χ1n) is 10.2. The average molecular weight is 405 g/mol. The van der Waals surface area contributed by atoms with Gasteiger partial charge >= 0.3 is 0 Å². The number of fused-ring (bicyclic) bond motifs is 1. The Morgan fingerprint density at radius 1 is 0.900 bits per heavy atom. The fraction of sp³-hybridized carbons (Fsp3) is 0.280. The number of aliphatic hydroxyl groups excluding tert-OH is 1. The molecule has 0 spiro atoms. The summed E-state index contributed by atoms with van der Waals surface area (Å²) in [7, 11) is 0. The van der Waals surface area contributed by atoms with E-state index in [0.29, 0.717) is 13.1 Å². The Hall–Kier alpha value is -3.02. The summed E-state index contributed by atoms with van der Waals surface area (Å²) < 4.78 is 16.8. The molecule has 0 amide bonds. The molecule has 0 unspecified atom stereocenters. The number of aryl methyl sites for hydroxylation is 1. The van der Waals surface area contributed by atoms with E-state index in [0.717, 1.165) is 34.9 Å². The van der Waals surface area contributed by atoms with Gasteiger partial charge in [-0.15, -0.1) is 0 Å². The van der Waals surface area contributed by atoms with E-state index in [9.17, 15) is 5.11 Å². The summed E-state index contributed by atoms with van der Waals surface area (Å²) in [5.74, 6) is 2.36. The molecule has 1 aliphatic heterocycles. The van der Waals surface area contributed by atoms with Crippen LogP contribution in [0.1, 0.15) is 16.7 Å². The molecule has 156 valence electrons. The van der Waals surface area contributed by atoms with Crippen LogP contribution in [0.5, 0.6) is 17.2 Å². The zero-order valence-electron chi connectivity index (χ0n) is 17.2. The lowest BCUT2D eigenvalue weighted by Gasteiger charge is -2.25. The van der Waals surface area contributed by atoms with Gasteiger partial charge < -0.3 is 19.3 Å². The van der Waals surface area contributed by atoms with Gasteiger partial charge in [-0.1, -0.05) is 54.6 Å². The molecule has 0 bridgehead atoms. The third kappa shape index (κ3) is 5.32. The van der Waals surface area contributed by atoms with E-state index >= 15 is 0 Å². The van der Waals surface area contributed by atoms with Gasteiger partial charge in [0.1, 0.15) is 18.5 Å². The third-order valence-electron chi connectivity index (χ3n) is 5.09. The Balaban J connectivity index is 1.42. The molecule has 4 rings (SSSR count). The van der Waals surface area contributed by atoms with Crippen LogP contribution >= 0.6 is 0 Å². The second-order valence-corrected chi connectivity index (χ2v) is 7.57. The second kappa shape index (κ2) is 9.65. The lowest BCUT2D eigenvalue weighted by Crippen LogP contribution is -2.35. The van der Waals surface area contributed by atoms with Crippen molar-refractivity contribution in [1.29, 1.82) is 0 Å². The molecule has 1 aliphatic rings. The predicted molar refractivity (Wildman–Crippen MR) is 116 cm³/mol. The van der Waals surface area contributed by atoms with Crippen molar-refractivity contribution < 1.29 is 19.3 Å². The standard InChI is InChI=1S/C25H27NO4/c1-19-7-5-6-10-23(19)28-17-22(27)16-26(14-20-8-3-2-4-9-20)15-21-11-12-24-25(13-21)30-18-29-24/h2-13,22,27H,14-18H2,1H3/t22-/m1/s1. The minimum Gasteiger partial charge on any atom is -0.491 e. The Morgan fingerprint density at radius 3 is 2.47 bits per heavy atom. The maximum absolute atomic E-state index is 10.7. The first-order chi connectivity index (χ1) is 14.7. The minimum absolute atomic E-state index is 0.247. The van der Waals surface area contributed by atoms with Gasteiger partial charge in [-0.3, -0.25) is 4.90 Å². The third-order valence-corrected chi connectivity index (χ3v) is 5.09. The van der Waals surface area contributed by atoms with Crippen LogP contribution in [-0.2, 0) is 13.1 Å². The molecule has 3 aromatic carbocycles. The van der Waals surface area contributed by atoms with E-state index in [-0.39, 0.29) is 13.4 Å². The maximum Gasteiger partial charge on any atom is 0.231 e. The summed E-state index contributed by atoms with van der Waals surface area (Å²) >= 11 is 0. The number of hydrogen-bond acceptors (Lipinski definition) is 5. The van der Waals surface area contributed by atoms with Crippen LogP contribution in [0.4, 0.5) is 0 Å². The Bertz CT molecular complexity index is 960.